The van der Waals surface area contributed by atoms with Crippen LogP contribution in [0.1, 0.15) is 0 Å². The van der Waals surface area contributed by atoms with E-state index < -0.39 is 0 Å². The van der Waals surface area contributed by atoms with Gasteiger partial charge in [-0.25, -0.2) is 0 Å². The van der Waals surface area contributed by atoms with Gasteiger partial charge in [-0.2, -0.15) is 0 Å². The molecule has 6 heteroatoms. The molecular weight excluding hydrogens is 1170 g/mol. The quantitative estimate of drug-likeness (QED) is 0.164. The predicted molar refractivity (Wildman–Crippen MR) is 405 cm³/mol. The lowest BCUT2D eigenvalue weighted by Gasteiger charge is -2.11. The van der Waals surface area contributed by atoms with Crippen LogP contribution in [0.5, 0.6) is 0 Å². The summed E-state index contributed by atoms with van der Waals surface area (Å²) < 4.78 is 14.7. The van der Waals surface area contributed by atoms with E-state index in [4.69, 9.17) is 0 Å². The van der Waals surface area contributed by atoms with Gasteiger partial charge >= 0.3 is 0 Å². The zero-order valence-corrected chi connectivity index (χ0v) is 51.9. The summed E-state index contributed by atoms with van der Waals surface area (Å²) in [5.74, 6) is 0. The summed E-state index contributed by atoms with van der Waals surface area (Å²) in [6, 6.07) is 120. The molecule has 0 atom stereocenters. The van der Waals surface area contributed by atoms with Crippen LogP contribution in [0.25, 0.3) is 197 Å². The van der Waals surface area contributed by atoms with E-state index in [0.717, 1.165) is 5.69 Å². The first-order valence-electron chi connectivity index (χ1n) is 33.2. The first-order chi connectivity index (χ1) is 47.7. The monoisotopic (exact) mass is 1220 g/mol. The van der Waals surface area contributed by atoms with Gasteiger partial charge in [0, 0.05) is 109 Å². The molecule has 0 aliphatic rings. The average Bonchev–Trinajstić information content (AvgIpc) is 1.52. The Hall–Kier alpha value is -12.9. The summed E-state index contributed by atoms with van der Waals surface area (Å²) in [5, 5.41) is 20.6. The molecule has 0 fully saturated rings. The second kappa shape index (κ2) is 19.3. The predicted octanol–water partition coefficient (Wildman–Crippen LogP) is 23.7. The van der Waals surface area contributed by atoms with Crippen molar-refractivity contribution < 1.29 is 0 Å². The lowest BCUT2D eigenvalue weighted by molar-refractivity contribution is 1.17. The number of rotatable bonds is 5. The molecule has 0 saturated carbocycles. The van der Waals surface area contributed by atoms with Crippen LogP contribution in [-0.4, -0.2) is 27.1 Å². The first-order valence-corrected chi connectivity index (χ1v) is 33.2. The van der Waals surface area contributed by atoms with Gasteiger partial charge in [0.1, 0.15) is 0 Å². The number of benzene rings is 15. The highest BCUT2D eigenvalue weighted by atomic mass is 15.0. The Bertz CT molecular complexity index is 7170. The van der Waals surface area contributed by atoms with Crippen molar-refractivity contribution in [3.05, 3.63) is 328 Å². The normalized spacial score (nSPS) is 12.4. The van der Waals surface area contributed by atoms with Crippen molar-refractivity contribution in [2.24, 2.45) is 0 Å². The van der Waals surface area contributed by atoms with E-state index in [0.29, 0.717) is 0 Å². The molecule has 0 amide bonds. The number of hydrogen-bond acceptors (Lipinski definition) is 0. The number of nitrogens with zero attached hydrogens (tertiary/aromatic N) is 6. The second-order valence-corrected chi connectivity index (χ2v) is 25.9. The van der Waals surface area contributed by atoms with Crippen LogP contribution in [0.15, 0.2) is 328 Å². The van der Waals surface area contributed by atoms with E-state index in [1.807, 2.05) is 0 Å². The molecule has 6 nitrogen and oxygen atoms in total. The molecule has 96 heavy (non-hydrogen) atoms. The molecule has 0 radical (unpaired) electrons. The fraction of sp³-hybridized carbons (Fsp3) is 0. The highest BCUT2D eigenvalue weighted by Crippen LogP contribution is 2.49. The lowest BCUT2D eigenvalue weighted by Crippen LogP contribution is -1.96. The Morgan fingerprint density at radius 2 is 0.427 bits per heavy atom. The largest absolute Gasteiger partial charge is 0.309 e. The summed E-state index contributed by atoms with van der Waals surface area (Å²) in [7, 11) is 0. The molecule has 0 aliphatic carbocycles. The van der Waals surface area contributed by atoms with E-state index in [2.05, 4.69) is 355 Å². The molecule has 0 unspecified atom stereocenters. The van der Waals surface area contributed by atoms with E-state index in [9.17, 15) is 0 Å². The molecule has 444 valence electrons. The number of para-hydroxylation sites is 10. The van der Waals surface area contributed by atoms with Crippen LogP contribution in [-0.2, 0) is 0 Å². The van der Waals surface area contributed by atoms with Crippen LogP contribution in [0.3, 0.4) is 0 Å². The van der Waals surface area contributed by atoms with E-state index in [1.54, 1.807) is 0 Å². The molecule has 8 heterocycles. The third-order valence-corrected chi connectivity index (χ3v) is 21.1. The Morgan fingerprint density at radius 1 is 0.146 bits per heavy atom. The van der Waals surface area contributed by atoms with E-state index >= 15 is 0 Å². The Labute approximate surface area is 548 Å². The maximum atomic E-state index is 2.51. The van der Waals surface area contributed by atoms with Crippen LogP contribution < -0.4 is 0 Å². The highest BCUT2D eigenvalue weighted by Gasteiger charge is 2.27. The van der Waals surface area contributed by atoms with Crippen molar-refractivity contribution in [1.82, 2.24) is 27.1 Å². The molecule has 23 aromatic rings. The van der Waals surface area contributed by atoms with E-state index in [1.165, 1.54) is 192 Å². The summed E-state index contributed by atoms with van der Waals surface area (Å²) in [6.07, 6.45) is 0. The van der Waals surface area contributed by atoms with Crippen LogP contribution in [0.4, 0.5) is 0 Å². The summed E-state index contributed by atoms with van der Waals surface area (Å²) in [6.45, 7) is 0. The minimum Gasteiger partial charge on any atom is -0.309 e. The maximum absolute atomic E-state index is 2.51. The molecule has 15 aromatic carbocycles. The summed E-state index contributed by atoms with van der Waals surface area (Å²) in [4.78, 5) is 0. The molecule has 8 aromatic heterocycles. The summed E-state index contributed by atoms with van der Waals surface area (Å²) >= 11 is 0. The maximum Gasteiger partial charge on any atom is 0.0642 e. The SMILES string of the molecule is c1ccc(-n2c3ccccc3c3cc(-c4ccc(-n5c6ccccc6c6cc7c8ccccc8n8c9ccccc9c(c65)c78)cc4)ccc32)cc1.c1ccc(-n2c3ccccc3c3cc(-n4c5ccccc5c5cc6c7ccccc7n7c8ccccc8c(c54)c67)ccc32)cc1. The van der Waals surface area contributed by atoms with Crippen molar-refractivity contribution >= 4 is 163 Å². The minimum atomic E-state index is 1.16. The molecule has 0 N–H and O–H groups in total. The van der Waals surface area contributed by atoms with E-state index in [-0.39, 0.29) is 0 Å². The molecule has 0 aliphatic heterocycles. The van der Waals surface area contributed by atoms with Gasteiger partial charge < -0.3 is 27.1 Å². The highest BCUT2D eigenvalue weighted by molar-refractivity contribution is 6.36. The van der Waals surface area contributed by atoms with Crippen LogP contribution in [0.2, 0.25) is 0 Å². The fourth-order valence-corrected chi connectivity index (χ4v) is 17.2. The van der Waals surface area contributed by atoms with Gasteiger partial charge in [0.25, 0.3) is 0 Å². The lowest BCUT2D eigenvalue weighted by atomic mass is 10.0. The van der Waals surface area contributed by atoms with Gasteiger partial charge in [-0.1, -0.05) is 200 Å². The van der Waals surface area contributed by atoms with Gasteiger partial charge in [-0.3, -0.25) is 0 Å². The first kappa shape index (κ1) is 51.7. The number of aromatic nitrogens is 6. The standard InChI is InChI=1S/C48H29N3.C42H25N3/c1-2-12-32(13-3-1)49-41-18-8-4-14-34(41)38-28-31(24-27-45(38)49)30-22-25-33(26-23-30)50-42-19-9-5-15-35(42)39-29-40-36-16-6-10-20-43(36)51-44-21-11-7-17-37(44)46(47(39)50)48(40)51;1-2-12-26(13-3-1)43-35-18-8-4-14-28(35)32-24-27(22-23-39(32)43)44-36-19-9-5-15-29(36)33-25-34-30-16-6-10-20-37(30)45-38-21-11-7-17-31(38)40(41(33)44)42(34)45/h1-29H;1-25H. The summed E-state index contributed by atoms with van der Waals surface area (Å²) in [5.41, 5.74) is 24.6. The minimum absolute atomic E-state index is 1.16. The zero-order chi connectivity index (χ0) is 62.4. The fourth-order valence-electron chi connectivity index (χ4n) is 17.2. The number of hydrogen-bond donors (Lipinski definition) is 0. The van der Waals surface area contributed by atoms with Crippen molar-refractivity contribution in [1.29, 1.82) is 0 Å². The van der Waals surface area contributed by atoms with Gasteiger partial charge in [-0.15, -0.1) is 0 Å². The van der Waals surface area contributed by atoms with Gasteiger partial charge in [0.2, 0.25) is 0 Å². The molecule has 0 bridgehead atoms. The molecule has 23 rings (SSSR count). The Balaban J connectivity index is 0.000000125. The van der Waals surface area contributed by atoms with Gasteiger partial charge in [-0.05, 0) is 139 Å². The Kier molecular flexibility index (Phi) is 10.4. The number of fused-ring (bicyclic) bond motifs is 26. The van der Waals surface area contributed by atoms with Crippen molar-refractivity contribution in [3.63, 3.8) is 0 Å². The van der Waals surface area contributed by atoms with Crippen molar-refractivity contribution in [2.75, 3.05) is 0 Å². The smallest absolute Gasteiger partial charge is 0.0642 e. The van der Waals surface area contributed by atoms with Gasteiger partial charge in [0.15, 0.2) is 0 Å². The topological polar surface area (TPSA) is 28.5 Å². The third kappa shape index (κ3) is 6.88. The average molecular weight is 1220 g/mol. The van der Waals surface area contributed by atoms with Crippen molar-refractivity contribution in [3.8, 4) is 33.9 Å². The van der Waals surface area contributed by atoms with Crippen LogP contribution >= 0.6 is 0 Å². The van der Waals surface area contributed by atoms with Gasteiger partial charge in [0.05, 0.1) is 77.2 Å². The Morgan fingerprint density at radius 3 is 0.875 bits per heavy atom. The molecule has 0 saturated heterocycles. The molecule has 0 spiro atoms. The van der Waals surface area contributed by atoms with Crippen LogP contribution in [0, 0.1) is 0 Å². The van der Waals surface area contributed by atoms with Crippen molar-refractivity contribution in [2.45, 2.75) is 0 Å². The second-order valence-electron chi connectivity index (χ2n) is 25.9. The zero-order valence-electron chi connectivity index (χ0n) is 51.9. The molecular formula is C90H54N6. The third-order valence-electron chi connectivity index (χ3n) is 21.1.